The van der Waals surface area contributed by atoms with E-state index >= 15 is 0 Å². The van der Waals surface area contributed by atoms with E-state index in [1.165, 1.54) is 12.1 Å². The summed E-state index contributed by atoms with van der Waals surface area (Å²) in [6, 6.07) is 4.61. The van der Waals surface area contributed by atoms with Crippen molar-refractivity contribution in [1.82, 2.24) is 0 Å². The second-order valence-electron chi connectivity index (χ2n) is 3.12. The second-order valence-corrected chi connectivity index (χ2v) is 3.12. The molecule has 1 aromatic rings. The molecule has 0 aromatic heterocycles. The first-order valence-corrected chi connectivity index (χ1v) is 4.42. The lowest BCUT2D eigenvalue weighted by molar-refractivity contribution is -0.108. The highest BCUT2D eigenvalue weighted by atomic mass is 19.1. The van der Waals surface area contributed by atoms with E-state index in [0.717, 1.165) is 23.8 Å². The Bertz CT molecular complexity index is 307. The highest BCUT2D eigenvalue weighted by Crippen LogP contribution is 2.19. The molecule has 1 aromatic carbocycles. The molecule has 0 saturated carbocycles. The topological polar surface area (TPSA) is 17.1 Å². The average molecular weight is 180 g/mol. The predicted molar refractivity (Wildman–Crippen MR) is 50.3 cm³/mol. The van der Waals surface area contributed by atoms with E-state index in [2.05, 4.69) is 0 Å². The fourth-order valence-corrected chi connectivity index (χ4v) is 1.38. The van der Waals surface area contributed by atoms with Gasteiger partial charge in [-0.05, 0) is 29.7 Å². The van der Waals surface area contributed by atoms with Crippen LogP contribution in [0.15, 0.2) is 18.2 Å². The largest absolute Gasteiger partial charge is 0.303 e. The fourth-order valence-electron chi connectivity index (χ4n) is 1.38. The van der Waals surface area contributed by atoms with Crippen molar-refractivity contribution in [3.8, 4) is 0 Å². The zero-order chi connectivity index (χ0) is 9.84. The number of hydrogen-bond acceptors (Lipinski definition) is 1. The quantitative estimate of drug-likeness (QED) is 0.653. The molecule has 0 N–H and O–H groups in total. The van der Waals surface area contributed by atoms with Crippen LogP contribution in [0.5, 0.6) is 0 Å². The average Bonchev–Trinajstić information content (AvgIpc) is 2.16. The lowest BCUT2D eigenvalue weighted by Crippen LogP contribution is -2.00. The Hall–Kier alpha value is -1.18. The molecule has 0 fully saturated rings. The standard InChI is InChI=1S/C11H13FO/c1-3-9-4-5-10(12)6-11(9)8(2)7-13/h4-8H,3H2,1-2H3. The van der Waals surface area contributed by atoms with Crippen LogP contribution >= 0.6 is 0 Å². The van der Waals surface area contributed by atoms with Crippen LogP contribution in [0.4, 0.5) is 4.39 Å². The van der Waals surface area contributed by atoms with Gasteiger partial charge in [-0.1, -0.05) is 19.9 Å². The lowest BCUT2D eigenvalue weighted by Gasteiger charge is -2.09. The monoisotopic (exact) mass is 180 g/mol. The van der Waals surface area contributed by atoms with Gasteiger partial charge in [0.25, 0.3) is 0 Å². The van der Waals surface area contributed by atoms with E-state index in [1.54, 1.807) is 13.0 Å². The summed E-state index contributed by atoms with van der Waals surface area (Å²) < 4.78 is 12.9. The van der Waals surface area contributed by atoms with Crippen LogP contribution in [0.2, 0.25) is 0 Å². The number of halogens is 1. The Balaban J connectivity index is 3.14. The van der Waals surface area contributed by atoms with Gasteiger partial charge in [-0.15, -0.1) is 0 Å². The maximum Gasteiger partial charge on any atom is 0.127 e. The van der Waals surface area contributed by atoms with Crippen molar-refractivity contribution in [3.05, 3.63) is 35.1 Å². The third-order valence-electron chi connectivity index (χ3n) is 2.18. The minimum atomic E-state index is -0.277. The Morgan fingerprint density at radius 3 is 2.77 bits per heavy atom. The summed E-state index contributed by atoms with van der Waals surface area (Å²) in [4.78, 5) is 10.6. The number of aldehydes is 1. The third-order valence-corrected chi connectivity index (χ3v) is 2.18. The van der Waals surface area contributed by atoms with Crippen LogP contribution < -0.4 is 0 Å². The number of benzene rings is 1. The van der Waals surface area contributed by atoms with Gasteiger partial charge in [0.1, 0.15) is 12.1 Å². The van der Waals surface area contributed by atoms with Crippen LogP contribution in [0.25, 0.3) is 0 Å². The molecule has 0 spiro atoms. The summed E-state index contributed by atoms with van der Waals surface area (Å²) >= 11 is 0. The van der Waals surface area contributed by atoms with Gasteiger partial charge in [0.15, 0.2) is 0 Å². The minimum absolute atomic E-state index is 0.217. The van der Waals surface area contributed by atoms with Gasteiger partial charge in [-0.25, -0.2) is 4.39 Å². The van der Waals surface area contributed by atoms with Crippen LogP contribution in [0.3, 0.4) is 0 Å². The molecule has 0 bridgehead atoms. The van der Waals surface area contributed by atoms with Gasteiger partial charge in [-0.2, -0.15) is 0 Å². The Kier molecular flexibility index (Phi) is 3.18. The normalized spacial score (nSPS) is 12.5. The van der Waals surface area contributed by atoms with Gasteiger partial charge < -0.3 is 4.79 Å². The second kappa shape index (κ2) is 4.17. The van der Waals surface area contributed by atoms with E-state index in [9.17, 15) is 9.18 Å². The molecule has 0 saturated heterocycles. The Morgan fingerprint density at radius 2 is 2.23 bits per heavy atom. The molecule has 0 aliphatic carbocycles. The number of aryl methyl sites for hydroxylation is 1. The number of carbonyl (C=O) groups is 1. The molecule has 0 amide bonds. The first-order valence-electron chi connectivity index (χ1n) is 4.42. The first-order chi connectivity index (χ1) is 6.19. The SMILES string of the molecule is CCc1ccc(F)cc1C(C)C=O. The molecule has 2 heteroatoms. The molecule has 0 aliphatic rings. The van der Waals surface area contributed by atoms with Gasteiger partial charge in [0.2, 0.25) is 0 Å². The molecular formula is C11H13FO. The maximum absolute atomic E-state index is 12.9. The van der Waals surface area contributed by atoms with Gasteiger partial charge in [0.05, 0.1) is 0 Å². The number of carbonyl (C=O) groups excluding carboxylic acids is 1. The van der Waals surface area contributed by atoms with Crippen molar-refractivity contribution >= 4 is 6.29 Å². The summed E-state index contributed by atoms with van der Waals surface area (Å²) in [7, 11) is 0. The van der Waals surface area contributed by atoms with Crippen LogP contribution in [0, 0.1) is 5.82 Å². The van der Waals surface area contributed by atoms with Crippen LogP contribution in [-0.4, -0.2) is 6.29 Å². The zero-order valence-electron chi connectivity index (χ0n) is 7.88. The van der Waals surface area contributed by atoms with Gasteiger partial charge in [0, 0.05) is 5.92 Å². The summed E-state index contributed by atoms with van der Waals surface area (Å²) in [5.41, 5.74) is 1.85. The Labute approximate surface area is 77.6 Å². The van der Waals surface area contributed by atoms with E-state index in [0.29, 0.717) is 0 Å². The molecular weight excluding hydrogens is 167 g/mol. The highest BCUT2D eigenvalue weighted by molar-refractivity contribution is 5.62. The van der Waals surface area contributed by atoms with Crippen LogP contribution in [-0.2, 0) is 11.2 Å². The van der Waals surface area contributed by atoms with Crippen molar-refractivity contribution in [3.63, 3.8) is 0 Å². The lowest BCUT2D eigenvalue weighted by atomic mass is 9.95. The van der Waals surface area contributed by atoms with Gasteiger partial charge >= 0.3 is 0 Å². The molecule has 70 valence electrons. The number of hydrogen-bond donors (Lipinski definition) is 0. The molecule has 1 nitrogen and oxygen atoms in total. The van der Waals surface area contributed by atoms with Gasteiger partial charge in [-0.3, -0.25) is 0 Å². The van der Waals surface area contributed by atoms with Crippen LogP contribution in [0.1, 0.15) is 30.9 Å². The van der Waals surface area contributed by atoms with E-state index in [-0.39, 0.29) is 11.7 Å². The molecule has 0 heterocycles. The zero-order valence-corrected chi connectivity index (χ0v) is 7.88. The number of rotatable bonds is 3. The highest BCUT2D eigenvalue weighted by Gasteiger charge is 2.09. The van der Waals surface area contributed by atoms with Crippen molar-refractivity contribution in [2.45, 2.75) is 26.2 Å². The Morgan fingerprint density at radius 1 is 1.54 bits per heavy atom. The predicted octanol–water partition coefficient (Wildman–Crippen LogP) is 2.69. The first kappa shape index (κ1) is 9.90. The molecule has 1 unspecified atom stereocenters. The summed E-state index contributed by atoms with van der Waals surface area (Å²) in [5.74, 6) is -0.494. The molecule has 1 atom stereocenters. The minimum Gasteiger partial charge on any atom is -0.303 e. The fraction of sp³-hybridized carbons (Fsp3) is 0.364. The molecule has 0 radical (unpaired) electrons. The van der Waals surface area contributed by atoms with Crippen molar-refractivity contribution < 1.29 is 9.18 Å². The third kappa shape index (κ3) is 2.14. The summed E-state index contributed by atoms with van der Waals surface area (Å²) in [5, 5.41) is 0. The van der Waals surface area contributed by atoms with E-state index in [4.69, 9.17) is 0 Å². The van der Waals surface area contributed by atoms with Crippen molar-refractivity contribution in [2.24, 2.45) is 0 Å². The smallest absolute Gasteiger partial charge is 0.127 e. The van der Waals surface area contributed by atoms with Crippen molar-refractivity contribution in [2.75, 3.05) is 0 Å². The molecule has 1 rings (SSSR count). The molecule has 13 heavy (non-hydrogen) atoms. The summed E-state index contributed by atoms with van der Waals surface area (Å²) in [6.45, 7) is 3.77. The van der Waals surface area contributed by atoms with Crippen molar-refractivity contribution in [1.29, 1.82) is 0 Å². The van der Waals surface area contributed by atoms with E-state index in [1.807, 2.05) is 6.92 Å². The maximum atomic E-state index is 12.9. The summed E-state index contributed by atoms with van der Waals surface area (Å²) in [6.07, 6.45) is 1.67. The van der Waals surface area contributed by atoms with E-state index < -0.39 is 0 Å². The molecule has 0 aliphatic heterocycles.